The van der Waals surface area contributed by atoms with Gasteiger partial charge in [-0.15, -0.1) is 0 Å². The van der Waals surface area contributed by atoms with Crippen LogP contribution in [0, 0.1) is 0 Å². The van der Waals surface area contributed by atoms with Crippen molar-refractivity contribution in [3.8, 4) is 0 Å². The van der Waals surface area contributed by atoms with Gasteiger partial charge in [0.05, 0.1) is 17.9 Å². The summed E-state index contributed by atoms with van der Waals surface area (Å²) >= 11 is 0. The van der Waals surface area contributed by atoms with Gasteiger partial charge in [-0.3, -0.25) is 4.79 Å². The largest absolute Gasteiger partial charge is 0.462 e. The van der Waals surface area contributed by atoms with E-state index < -0.39 is 24.2 Å². The number of halogens is 4. The Morgan fingerprint density at radius 1 is 1.30 bits per heavy atom. The number of alkyl halides is 4. The SMILES string of the molecule is CCOC(=O)c1ccccc1NC(=O)C(F)(F)C(F)F. The topological polar surface area (TPSA) is 55.4 Å². The standard InChI is InChI=1S/C12H11F4NO3/c1-2-20-9(18)7-5-3-4-6-8(7)17-11(19)12(15,16)10(13)14/h3-6,10H,2H2,1H3,(H,17,19). The molecule has 8 heteroatoms. The second-order valence-electron chi connectivity index (χ2n) is 3.64. The van der Waals surface area contributed by atoms with Crippen LogP contribution in [-0.4, -0.2) is 30.8 Å². The Labute approximate surface area is 111 Å². The van der Waals surface area contributed by atoms with Crippen LogP contribution >= 0.6 is 0 Å². The molecule has 20 heavy (non-hydrogen) atoms. The summed E-state index contributed by atoms with van der Waals surface area (Å²) in [4.78, 5) is 22.6. The predicted molar refractivity (Wildman–Crippen MR) is 62.0 cm³/mol. The molecule has 0 aliphatic carbocycles. The lowest BCUT2D eigenvalue weighted by Crippen LogP contribution is -2.41. The molecule has 0 atom stereocenters. The second kappa shape index (κ2) is 6.36. The maximum Gasteiger partial charge on any atom is 0.383 e. The van der Waals surface area contributed by atoms with Crippen LogP contribution in [0.1, 0.15) is 17.3 Å². The summed E-state index contributed by atoms with van der Waals surface area (Å²) in [7, 11) is 0. The lowest BCUT2D eigenvalue weighted by Gasteiger charge is -2.16. The molecule has 0 radical (unpaired) electrons. The van der Waals surface area contributed by atoms with Crippen molar-refractivity contribution in [1.82, 2.24) is 0 Å². The van der Waals surface area contributed by atoms with Crippen LogP contribution in [0.4, 0.5) is 23.2 Å². The molecule has 0 saturated heterocycles. The highest BCUT2D eigenvalue weighted by molar-refractivity contribution is 6.03. The highest BCUT2D eigenvalue weighted by Gasteiger charge is 2.49. The molecule has 0 aliphatic heterocycles. The molecule has 0 aromatic heterocycles. The zero-order chi connectivity index (χ0) is 15.3. The van der Waals surface area contributed by atoms with Crippen molar-refractivity contribution in [3.63, 3.8) is 0 Å². The van der Waals surface area contributed by atoms with Crippen LogP contribution in [0.3, 0.4) is 0 Å². The average Bonchev–Trinajstić information content (AvgIpc) is 2.39. The van der Waals surface area contributed by atoms with E-state index in [0.717, 1.165) is 6.07 Å². The van der Waals surface area contributed by atoms with Gasteiger partial charge in [-0.05, 0) is 19.1 Å². The Morgan fingerprint density at radius 3 is 2.45 bits per heavy atom. The van der Waals surface area contributed by atoms with Crippen LogP contribution in [0.25, 0.3) is 0 Å². The third-order valence-electron chi connectivity index (χ3n) is 2.25. The molecule has 0 fully saturated rings. The second-order valence-corrected chi connectivity index (χ2v) is 3.64. The molecule has 1 aromatic rings. The number of carbonyl (C=O) groups is 2. The number of esters is 1. The van der Waals surface area contributed by atoms with Gasteiger partial charge >= 0.3 is 24.2 Å². The molecule has 4 nitrogen and oxygen atoms in total. The van der Waals surface area contributed by atoms with Crippen LogP contribution in [0.2, 0.25) is 0 Å². The van der Waals surface area contributed by atoms with Gasteiger partial charge in [0, 0.05) is 0 Å². The molecule has 0 spiro atoms. The summed E-state index contributed by atoms with van der Waals surface area (Å²) in [6.45, 7) is 1.57. The van der Waals surface area contributed by atoms with Crippen molar-refractivity contribution in [1.29, 1.82) is 0 Å². The normalized spacial score (nSPS) is 11.3. The van der Waals surface area contributed by atoms with Gasteiger partial charge in [0.15, 0.2) is 0 Å². The Balaban J connectivity index is 2.99. The van der Waals surface area contributed by atoms with E-state index in [1.807, 2.05) is 0 Å². The van der Waals surface area contributed by atoms with Gasteiger partial charge in [0.25, 0.3) is 0 Å². The Hall–Kier alpha value is -2.12. The number of benzene rings is 1. The fourth-order valence-electron chi connectivity index (χ4n) is 1.28. The van der Waals surface area contributed by atoms with Crippen molar-refractivity contribution in [2.45, 2.75) is 19.3 Å². The molecule has 0 unspecified atom stereocenters. The minimum Gasteiger partial charge on any atom is -0.462 e. The van der Waals surface area contributed by atoms with Gasteiger partial charge in [-0.2, -0.15) is 8.78 Å². The van der Waals surface area contributed by atoms with Crippen molar-refractivity contribution < 1.29 is 31.9 Å². The number of hydrogen-bond acceptors (Lipinski definition) is 3. The third-order valence-corrected chi connectivity index (χ3v) is 2.25. The van der Waals surface area contributed by atoms with Crippen LogP contribution in [-0.2, 0) is 9.53 Å². The molecular weight excluding hydrogens is 282 g/mol. The van der Waals surface area contributed by atoms with E-state index >= 15 is 0 Å². The van der Waals surface area contributed by atoms with E-state index in [1.165, 1.54) is 25.1 Å². The zero-order valence-electron chi connectivity index (χ0n) is 10.3. The van der Waals surface area contributed by atoms with Crippen LogP contribution in [0.5, 0.6) is 0 Å². The fourth-order valence-corrected chi connectivity index (χ4v) is 1.28. The fraction of sp³-hybridized carbons (Fsp3) is 0.333. The first kappa shape index (κ1) is 15.9. The van der Waals surface area contributed by atoms with Crippen LogP contribution < -0.4 is 5.32 Å². The van der Waals surface area contributed by atoms with E-state index in [1.54, 1.807) is 5.32 Å². The Kier molecular flexibility index (Phi) is 5.06. The number of carbonyl (C=O) groups excluding carboxylic acids is 2. The van der Waals surface area contributed by atoms with E-state index in [4.69, 9.17) is 0 Å². The van der Waals surface area contributed by atoms with E-state index in [-0.39, 0.29) is 17.9 Å². The number of nitrogens with one attached hydrogen (secondary N) is 1. The van der Waals surface area contributed by atoms with Gasteiger partial charge in [-0.1, -0.05) is 12.1 Å². The van der Waals surface area contributed by atoms with Gasteiger partial charge in [0.2, 0.25) is 0 Å². The highest BCUT2D eigenvalue weighted by Crippen LogP contribution is 2.26. The summed E-state index contributed by atoms with van der Waals surface area (Å²) in [5.41, 5.74) is -0.524. The van der Waals surface area contributed by atoms with E-state index in [9.17, 15) is 27.2 Å². The van der Waals surface area contributed by atoms with Crippen molar-refractivity contribution >= 4 is 17.6 Å². The molecule has 0 aliphatic rings. The summed E-state index contributed by atoms with van der Waals surface area (Å²) in [6, 6.07) is 5.10. The smallest absolute Gasteiger partial charge is 0.383 e. The number of para-hydroxylation sites is 1. The maximum atomic E-state index is 12.8. The zero-order valence-corrected chi connectivity index (χ0v) is 10.3. The number of rotatable bonds is 5. The average molecular weight is 293 g/mol. The number of anilines is 1. The third kappa shape index (κ3) is 3.46. The van der Waals surface area contributed by atoms with Crippen molar-refractivity contribution in [2.24, 2.45) is 0 Å². The number of ether oxygens (including phenoxy) is 1. The molecule has 0 heterocycles. The molecule has 1 aromatic carbocycles. The summed E-state index contributed by atoms with van der Waals surface area (Å²) in [5, 5.41) is 1.60. The molecule has 1 rings (SSSR count). The quantitative estimate of drug-likeness (QED) is 0.671. The van der Waals surface area contributed by atoms with Gasteiger partial charge in [-0.25, -0.2) is 13.6 Å². The molecule has 110 valence electrons. The Morgan fingerprint density at radius 2 is 1.90 bits per heavy atom. The van der Waals surface area contributed by atoms with E-state index in [0.29, 0.717) is 0 Å². The summed E-state index contributed by atoms with van der Waals surface area (Å²) in [6.07, 6.45) is -4.14. The molecular formula is C12H11F4NO3. The predicted octanol–water partition coefficient (Wildman–Crippen LogP) is 2.70. The Bertz CT molecular complexity index is 505. The summed E-state index contributed by atoms with van der Waals surface area (Å²) in [5.74, 6) is -7.89. The first-order valence-electron chi connectivity index (χ1n) is 5.54. The molecule has 1 N–H and O–H groups in total. The first-order chi connectivity index (χ1) is 9.30. The van der Waals surface area contributed by atoms with E-state index in [2.05, 4.69) is 4.74 Å². The van der Waals surface area contributed by atoms with Gasteiger partial charge in [0.1, 0.15) is 0 Å². The summed E-state index contributed by atoms with van der Waals surface area (Å²) < 4.78 is 54.4. The molecule has 0 bridgehead atoms. The minimum absolute atomic E-state index is 0.0360. The maximum absolute atomic E-state index is 12.8. The minimum atomic E-state index is -4.85. The number of hydrogen-bond donors (Lipinski definition) is 1. The first-order valence-corrected chi connectivity index (χ1v) is 5.54. The van der Waals surface area contributed by atoms with Crippen molar-refractivity contribution in [3.05, 3.63) is 29.8 Å². The molecule has 1 amide bonds. The lowest BCUT2D eigenvalue weighted by molar-refractivity contribution is -0.163. The molecule has 0 saturated carbocycles. The van der Waals surface area contributed by atoms with Gasteiger partial charge < -0.3 is 10.1 Å². The van der Waals surface area contributed by atoms with Crippen LogP contribution in [0.15, 0.2) is 24.3 Å². The van der Waals surface area contributed by atoms with Crippen molar-refractivity contribution in [2.75, 3.05) is 11.9 Å². The lowest BCUT2D eigenvalue weighted by atomic mass is 10.1. The number of amides is 1. The monoisotopic (exact) mass is 293 g/mol. The highest BCUT2D eigenvalue weighted by atomic mass is 19.3.